The Kier molecular flexibility index (Phi) is 5.56. The Morgan fingerprint density at radius 1 is 0.862 bits per heavy atom. The highest BCUT2D eigenvalue weighted by molar-refractivity contribution is 6.04. The first-order valence-electron chi connectivity index (χ1n) is 9.77. The number of nitrogens with one attached hydrogen (secondary N) is 2. The third-order valence-corrected chi connectivity index (χ3v) is 4.94. The molecule has 4 rings (SSSR count). The highest BCUT2D eigenvalue weighted by Gasteiger charge is 2.20. The third kappa shape index (κ3) is 4.82. The van der Waals surface area contributed by atoms with Crippen LogP contribution in [-0.2, 0) is 11.3 Å². The number of para-hydroxylation sites is 1. The second kappa shape index (κ2) is 8.61. The van der Waals surface area contributed by atoms with Crippen LogP contribution >= 0.6 is 0 Å². The van der Waals surface area contributed by atoms with Crippen LogP contribution in [0.4, 0.5) is 17.1 Å². The Morgan fingerprint density at radius 2 is 1.59 bits per heavy atom. The lowest BCUT2D eigenvalue weighted by atomic mass is 10.1. The molecule has 0 saturated carbocycles. The van der Waals surface area contributed by atoms with Crippen molar-refractivity contribution in [3.05, 3.63) is 90.0 Å². The molecule has 0 spiro atoms. The SMILES string of the molecule is O=C(Nc1ccc(Nc2ccccc2)cc1)c1cccc(CN2CCCC2=O)c1. The lowest BCUT2D eigenvalue weighted by molar-refractivity contribution is -0.128. The van der Waals surface area contributed by atoms with Gasteiger partial charge in [0.1, 0.15) is 0 Å². The maximum atomic E-state index is 12.6. The van der Waals surface area contributed by atoms with Gasteiger partial charge in [0, 0.05) is 42.1 Å². The molecule has 1 saturated heterocycles. The summed E-state index contributed by atoms with van der Waals surface area (Å²) < 4.78 is 0. The van der Waals surface area contributed by atoms with E-state index in [4.69, 9.17) is 0 Å². The number of likely N-dealkylation sites (tertiary alicyclic amines) is 1. The summed E-state index contributed by atoms with van der Waals surface area (Å²) >= 11 is 0. The van der Waals surface area contributed by atoms with E-state index in [9.17, 15) is 9.59 Å². The van der Waals surface area contributed by atoms with Gasteiger partial charge in [-0.2, -0.15) is 0 Å². The highest BCUT2D eigenvalue weighted by Crippen LogP contribution is 2.20. The van der Waals surface area contributed by atoms with Crippen molar-refractivity contribution in [1.29, 1.82) is 0 Å². The van der Waals surface area contributed by atoms with Crippen molar-refractivity contribution < 1.29 is 9.59 Å². The topological polar surface area (TPSA) is 61.4 Å². The minimum Gasteiger partial charge on any atom is -0.356 e. The number of rotatable bonds is 6. The van der Waals surface area contributed by atoms with Crippen LogP contribution in [0.15, 0.2) is 78.9 Å². The molecule has 2 amide bonds. The zero-order valence-corrected chi connectivity index (χ0v) is 16.1. The fourth-order valence-electron chi connectivity index (χ4n) is 3.43. The van der Waals surface area contributed by atoms with Gasteiger partial charge in [-0.05, 0) is 60.5 Å². The maximum Gasteiger partial charge on any atom is 0.255 e. The van der Waals surface area contributed by atoms with Gasteiger partial charge in [-0.1, -0.05) is 30.3 Å². The average Bonchev–Trinajstić information content (AvgIpc) is 3.15. The van der Waals surface area contributed by atoms with Crippen molar-refractivity contribution in [2.24, 2.45) is 0 Å². The van der Waals surface area contributed by atoms with Crippen LogP contribution in [0.1, 0.15) is 28.8 Å². The normalized spacial score (nSPS) is 13.4. The van der Waals surface area contributed by atoms with Gasteiger partial charge in [0.25, 0.3) is 5.91 Å². The van der Waals surface area contributed by atoms with Crippen molar-refractivity contribution in [3.8, 4) is 0 Å². The quantitative estimate of drug-likeness (QED) is 0.640. The molecule has 29 heavy (non-hydrogen) atoms. The van der Waals surface area contributed by atoms with Crippen molar-refractivity contribution >= 4 is 28.9 Å². The Balaban J connectivity index is 1.38. The molecule has 0 bridgehead atoms. The fraction of sp³-hybridized carbons (Fsp3) is 0.167. The summed E-state index contributed by atoms with van der Waals surface area (Å²) in [6.07, 6.45) is 1.53. The summed E-state index contributed by atoms with van der Waals surface area (Å²) in [5.41, 5.74) is 4.24. The maximum absolute atomic E-state index is 12.6. The first-order valence-corrected chi connectivity index (χ1v) is 9.77. The van der Waals surface area contributed by atoms with Crippen molar-refractivity contribution in [2.75, 3.05) is 17.2 Å². The van der Waals surface area contributed by atoms with Gasteiger partial charge < -0.3 is 15.5 Å². The molecule has 5 nitrogen and oxygen atoms in total. The van der Waals surface area contributed by atoms with E-state index in [0.29, 0.717) is 18.5 Å². The number of nitrogens with zero attached hydrogens (tertiary/aromatic N) is 1. The monoisotopic (exact) mass is 385 g/mol. The van der Waals surface area contributed by atoms with E-state index in [-0.39, 0.29) is 11.8 Å². The molecular formula is C24H23N3O2. The second-order valence-electron chi connectivity index (χ2n) is 7.14. The molecule has 1 aliphatic rings. The Bertz CT molecular complexity index is 1000. The molecule has 3 aromatic carbocycles. The van der Waals surface area contributed by atoms with E-state index in [2.05, 4.69) is 10.6 Å². The van der Waals surface area contributed by atoms with Gasteiger partial charge in [-0.25, -0.2) is 0 Å². The van der Waals surface area contributed by atoms with E-state index < -0.39 is 0 Å². The van der Waals surface area contributed by atoms with Crippen LogP contribution in [0.2, 0.25) is 0 Å². The molecule has 146 valence electrons. The predicted octanol–water partition coefficient (Wildman–Crippen LogP) is 4.80. The summed E-state index contributed by atoms with van der Waals surface area (Å²) in [5, 5.41) is 6.25. The first-order chi connectivity index (χ1) is 14.2. The number of benzene rings is 3. The largest absolute Gasteiger partial charge is 0.356 e. The Hall–Kier alpha value is -3.60. The standard InChI is InChI=1S/C24H23N3O2/c28-23-10-5-15-27(23)17-18-6-4-7-19(16-18)24(29)26-22-13-11-21(12-14-22)25-20-8-2-1-3-9-20/h1-4,6-9,11-14,16,25H,5,10,15,17H2,(H,26,29). The van der Waals surface area contributed by atoms with Crippen LogP contribution in [0.25, 0.3) is 0 Å². The molecule has 2 N–H and O–H groups in total. The smallest absolute Gasteiger partial charge is 0.255 e. The molecule has 0 aliphatic carbocycles. The number of carbonyl (C=O) groups is 2. The number of anilines is 3. The fourth-order valence-corrected chi connectivity index (χ4v) is 3.43. The molecule has 0 atom stereocenters. The lowest BCUT2D eigenvalue weighted by Gasteiger charge is -2.16. The van der Waals surface area contributed by atoms with E-state index in [1.54, 1.807) is 6.07 Å². The first kappa shape index (κ1) is 18.7. The molecular weight excluding hydrogens is 362 g/mol. The minimum atomic E-state index is -0.164. The predicted molar refractivity (Wildman–Crippen MR) is 115 cm³/mol. The van der Waals surface area contributed by atoms with Crippen LogP contribution in [-0.4, -0.2) is 23.3 Å². The number of hydrogen-bond donors (Lipinski definition) is 2. The van der Waals surface area contributed by atoms with Crippen LogP contribution in [0, 0.1) is 0 Å². The third-order valence-electron chi connectivity index (χ3n) is 4.94. The number of carbonyl (C=O) groups excluding carboxylic acids is 2. The molecule has 0 radical (unpaired) electrons. The Morgan fingerprint density at radius 3 is 2.31 bits per heavy atom. The highest BCUT2D eigenvalue weighted by atomic mass is 16.2. The van der Waals surface area contributed by atoms with Crippen molar-refractivity contribution in [2.45, 2.75) is 19.4 Å². The number of hydrogen-bond acceptors (Lipinski definition) is 3. The van der Waals surface area contributed by atoms with E-state index in [1.165, 1.54) is 0 Å². The summed E-state index contributed by atoms with van der Waals surface area (Å²) in [7, 11) is 0. The molecule has 5 heteroatoms. The van der Waals surface area contributed by atoms with Gasteiger partial charge in [-0.3, -0.25) is 9.59 Å². The zero-order valence-electron chi connectivity index (χ0n) is 16.1. The van der Waals surface area contributed by atoms with Gasteiger partial charge in [0.05, 0.1) is 0 Å². The molecule has 0 aromatic heterocycles. The Labute approximate surface area is 170 Å². The molecule has 0 unspecified atom stereocenters. The summed E-state index contributed by atoms with van der Waals surface area (Å²) in [6, 6.07) is 25.0. The van der Waals surface area contributed by atoms with Gasteiger partial charge in [-0.15, -0.1) is 0 Å². The lowest BCUT2D eigenvalue weighted by Crippen LogP contribution is -2.24. The second-order valence-corrected chi connectivity index (χ2v) is 7.14. The van der Waals surface area contributed by atoms with E-state index in [0.717, 1.165) is 35.6 Å². The number of amides is 2. The minimum absolute atomic E-state index is 0.164. The van der Waals surface area contributed by atoms with Crippen molar-refractivity contribution in [1.82, 2.24) is 4.90 Å². The summed E-state index contributed by atoms with van der Waals surface area (Å²) in [5.74, 6) is 0.0208. The van der Waals surface area contributed by atoms with Crippen LogP contribution < -0.4 is 10.6 Å². The average molecular weight is 385 g/mol. The summed E-state index contributed by atoms with van der Waals surface area (Å²) in [4.78, 5) is 26.3. The zero-order chi connectivity index (χ0) is 20.1. The van der Waals surface area contributed by atoms with Gasteiger partial charge >= 0.3 is 0 Å². The van der Waals surface area contributed by atoms with E-state index in [1.807, 2.05) is 77.7 Å². The molecule has 1 fully saturated rings. The van der Waals surface area contributed by atoms with Crippen LogP contribution in [0.3, 0.4) is 0 Å². The van der Waals surface area contributed by atoms with Gasteiger partial charge in [0.15, 0.2) is 0 Å². The van der Waals surface area contributed by atoms with Crippen molar-refractivity contribution in [3.63, 3.8) is 0 Å². The molecule has 1 heterocycles. The summed E-state index contributed by atoms with van der Waals surface area (Å²) in [6.45, 7) is 1.35. The molecule has 1 aliphatic heterocycles. The van der Waals surface area contributed by atoms with Crippen LogP contribution in [0.5, 0.6) is 0 Å². The molecule has 3 aromatic rings. The van der Waals surface area contributed by atoms with Gasteiger partial charge in [0.2, 0.25) is 5.91 Å². The van der Waals surface area contributed by atoms with E-state index >= 15 is 0 Å².